The van der Waals surface area contributed by atoms with Gasteiger partial charge in [0.1, 0.15) is 4.90 Å². The Morgan fingerprint density at radius 1 is 1.05 bits per heavy atom. The molecule has 0 amide bonds. The molecule has 2 aromatic carbocycles. The van der Waals surface area contributed by atoms with E-state index in [2.05, 4.69) is 88.4 Å². The molecule has 0 bridgehead atoms. The monoisotopic (exact) mass is 703 g/mol. The fraction of sp³-hybridized carbons (Fsp3) is 0.0769. The largest absolute Gasteiger partial charge is 0.277 e. The first-order valence-electron chi connectivity index (χ1n) is 5.64. The molecule has 0 aliphatic carbocycles. The second-order valence-electron chi connectivity index (χ2n) is 4.28. The third kappa shape index (κ3) is 4.44. The summed E-state index contributed by atoms with van der Waals surface area (Å²) in [5, 5.41) is 0. The minimum atomic E-state index is -3.63. The van der Waals surface area contributed by atoms with Crippen LogP contribution in [0, 0.1) is 17.6 Å². The Kier molecular flexibility index (Phi) is 6.22. The number of hydrogen-bond donors (Lipinski definition) is 1. The zero-order valence-electron chi connectivity index (χ0n) is 10.6. The SMILES string of the molecule is Cc1ccc(S(=O)(=O)Nc2c(I)cc(I)cc2I)c(Br)c1. The van der Waals surface area contributed by atoms with Crippen LogP contribution >= 0.6 is 83.7 Å². The first kappa shape index (κ1) is 18.2. The summed E-state index contributed by atoms with van der Waals surface area (Å²) in [6, 6.07) is 9.05. The highest BCUT2D eigenvalue weighted by atomic mass is 127. The molecule has 8 heteroatoms. The maximum atomic E-state index is 12.6. The van der Waals surface area contributed by atoms with Gasteiger partial charge in [-0.05, 0) is 120 Å². The van der Waals surface area contributed by atoms with Gasteiger partial charge in [0.2, 0.25) is 0 Å². The Bertz CT molecular complexity index is 786. The van der Waals surface area contributed by atoms with Gasteiger partial charge in [-0.1, -0.05) is 6.07 Å². The third-order valence-corrected chi connectivity index (χ3v) is 7.27. The summed E-state index contributed by atoms with van der Waals surface area (Å²) in [4.78, 5) is 0.234. The van der Waals surface area contributed by atoms with Gasteiger partial charge in [0.25, 0.3) is 10.0 Å². The van der Waals surface area contributed by atoms with Crippen molar-refractivity contribution in [2.24, 2.45) is 0 Å². The maximum absolute atomic E-state index is 12.6. The summed E-state index contributed by atoms with van der Waals surface area (Å²) < 4.78 is 31.2. The molecule has 0 unspecified atom stereocenters. The van der Waals surface area contributed by atoms with Crippen molar-refractivity contribution in [1.82, 2.24) is 0 Å². The van der Waals surface area contributed by atoms with Crippen LogP contribution in [0.1, 0.15) is 5.56 Å². The van der Waals surface area contributed by atoms with Crippen LogP contribution in [0.25, 0.3) is 0 Å². The van der Waals surface area contributed by atoms with Crippen molar-refractivity contribution in [2.75, 3.05) is 4.72 Å². The number of rotatable bonds is 3. The molecule has 112 valence electrons. The van der Waals surface area contributed by atoms with Gasteiger partial charge in [0.05, 0.1) is 5.69 Å². The minimum Gasteiger partial charge on any atom is -0.277 e. The molecule has 1 N–H and O–H groups in total. The van der Waals surface area contributed by atoms with Gasteiger partial charge in [-0.25, -0.2) is 8.42 Å². The van der Waals surface area contributed by atoms with Crippen LogP contribution in [-0.2, 0) is 10.0 Å². The first-order valence-corrected chi connectivity index (χ1v) is 11.2. The summed E-state index contributed by atoms with van der Waals surface area (Å²) in [7, 11) is -3.63. The van der Waals surface area contributed by atoms with E-state index in [0.29, 0.717) is 10.2 Å². The molecule has 2 aromatic rings. The van der Waals surface area contributed by atoms with Crippen LogP contribution in [0.15, 0.2) is 39.7 Å². The Labute approximate surface area is 173 Å². The second kappa shape index (κ2) is 7.18. The van der Waals surface area contributed by atoms with Crippen LogP contribution in [0.4, 0.5) is 5.69 Å². The summed E-state index contributed by atoms with van der Waals surface area (Å²) in [6.45, 7) is 1.92. The van der Waals surface area contributed by atoms with E-state index in [-0.39, 0.29) is 4.90 Å². The quantitative estimate of drug-likeness (QED) is 0.438. The molecule has 21 heavy (non-hydrogen) atoms. The highest BCUT2D eigenvalue weighted by molar-refractivity contribution is 14.1. The fourth-order valence-electron chi connectivity index (χ4n) is 1.65. The van der Waals surface area contributed by atoms with Gasteiger partial charge in [-0.15, -0.1) is 0 Å². The van der Waals surface area contributed by atoms with Crippen LogP contribution < -0.4 is 4.72 Å². The van der Waals surface area contributed by atoms with Gasteiger partial charge < -0.3 is 0 Å². The van der Waals surface area contributed by atoms with Crippen LogP contribution in [0.5, 0.6) is 0 Å². The molecule has 0 saturated heterocycles. The lowest BCUT2D eigenvalue weighted by Crippen LogP contribution is -2.15. The van der Waals surface area contributed by atoms with Gasteiger partial charge in [-0.2, -0.15) is 0 Å². The number of halogens is 4. The number of aryl methyl sites for hydroxylation is 1. The second-order valence-corrected chi connectivity index (χ2v) is 10.4. The topological polar surface area (TPSA) is 46.2 Å². The van der Waals surface area contributed by atoms with Gasteiger partial charge >= 0.3 is 0 Å². The zero-order valence-corrected chi connectivity index (χ0v) is 19.5. The number of hydrogen-bond acceptors (Lipinski definition) is 2. The van der Waals surface area contributed by atoms with Gasteiger partial charge in [0, 0.05) is 15.2 Å². The zero-order chi connectivity index (χ0) is 15.8. The van der Waals surface area contributed by atoms with Crippen molar-refractivity contribution in [3.8, 4) is 0 Å². The Morgan fingerprint density at radius 2 is 1.62 bits per heavy atom. The molecular formula is C13H9BrI3NO2S. The Balaban J connectivity index is 2.47. The Hall–Kier alpha value is 0.860. The van der Waals surface area contributed by atoms with E-state index in [0.717, 1.165) is 16.3 Å². The molecule has 0 aliphatic heterocycles. The highest BCUT2D eigenvalue weighted by Gasteiger charge is 2.20. The van der Waals surface area contributed by atoms with Gasteiger partial charge in [-0.3, -0.25) is 4.72 Å². The standard InChI is InChI=1S/C13H9BrI3NO2S/c1-7-2-3-12(9(14)4-7)21(19,20)18-13-10(16)5-8(15)6-11(13)17/h2-6,18H,1H3. The average molecular weight is 704 g/mol. The minimum absolute atomic E-state index is 0.234. The molecule has 0 atom stereocenters. The van der Waals surface area contributed by atoms with Crippen LogP contribution in [-0.4, -0.2) is 8.42 Å². The maximum Gasteiger partial charge on any atom is 0.263 e. The summed E-state index contributed by atoms with van der Waals surface area (Å²) in [5.74, 6) is 0. The summed E-state index contributed by atoms with van der Waals surface area (Å²) in [6.07, 6.45) is 0. The number of sulfonamides is 1. The van der Waals surface area contributed by atoms with E-state index in [9.17, 15) is 8.42 Å². The van der Waals surface area contributed by atoms with E-state index in [4.69, 9.17) is 0 Å². The van der Waals surface area contributed by atoms with Gasteiger partial charge in [0.15, 0.2) is 0 Å². The number of anilines is 1. The summed E-state index contributed by atoms with van der Waals surface area (Å²) >= 11 is 9.81. The molecule has 2 rings (SSSR count). The smallest absolute Gasteiger partial charge is 0.263 e. The summed E-state index contributed by atoms with van der Waals surface area (Å²) in [5.41, 5.74) is 1.61. The molecule has 0 saturated carbocycles. The van der Waals surface area contributed by atoms with E-state index in [1.54, 1.807) is 18.2 Å². The molecule has 0 fully saturated rings. The lowest BCUT2D eigenvalue weighted by atomic mass is 10.2. The lowest BCUT2D eigenvalue weighted by Gasteiger charge is -2.13. The van der Waals surface area contributed by atoms with E-state index < -0.39 is 10.0 Å². The molecule has 3 nitrogen and oxygen atoms in total. The number of benzene rings is 2. The van der Waals surface area contributed by atoms with E-state index in [1.165, 1.54) is 0 Å². The van der Waals surface area contributed by atoms with Crippen molar-refractivity contribution in [2.45, 2.75) is 11.8 Å². The van der Waals surface area contributed by atoms with Crippen molar-refractivity contribution < 1.29 is 8.42 Å². The van der Waals surface area contributed by atoms with Crippen molar-refractivity contribution in [3.05, 3.63) is 51.1 Å². The lowest BCUT2D eigenvalue weighted by molar-refractivity contribution is 0.600. The number of nitrogens with one attached hydrogen (secondary N) is 1. The normalized spacial score (nSPS) is 11.5. The van der Waals surface area contributed by atoms with Crippen molar-refractivity contribution in [1.29, 1.82) is 0 Å². The Morgan fingerprint density at radius 3 is 2.14 bits per heavy atom. The molecule has 0 spiro atoms. The van der Waals surface area contributed by atoms with Crippen molar-refractivity contribution in [3.63, 3.8) is 0 Å². The van der Waals surface area contributed by atoms with Crippen LogP contribution in [0.3, 0.4) is 0 Å². The van der Waals surface area contributed by atoms with Crippen LogP contribution in [0.2, 0.25) is 0 Å². The fourth-order valence-corrected chi connectivity index (χ4v) is 8.17. The molecule has 0 radical (unpaired) electrons. The third-order valence-electron chi connectivity index (χ3n) is 2.62. The first-order chi connectivity index (χ1) is 9.70. The molecule has 0 heterocycles. The average Bonchev–Trinajstić information content (AvgIpc) is 2.33. The van der Waals surface area contributed by atoms with E-state index in [1.807, 2.05) is 19.1 Å². The predicted molar refractivity (Wildman–Crippen MR) is 114 cm³/mol. The van der Waals surface area contributed by atoms with E-state index >= 15 is 0 Å². The molecular weight excluding hydrogens is 695 g/mol. The molecule has 0 aliphatic rings. The van der Waals surface area contributed by atoms with Crippen molar-refractivity contribution >= 4 is 99.4 Å². The molecule has 0 aromatic heterocycles. The highest BCUT2D eigenvalue weighted by Crippen LogP contribution is 2.31. The predicted octanol–water partition coefficient (Wildman–Crippen LogP) is 5.37.